The lowest BCUT2D eigenvalue weighted by Crippen LogP contribution is -2.50. The Balaban J connectivity index is 1.71. The minimum Gasteiger partial charge on any atom is -0.447 e. The molecule has 2 aromatic rings. The van der Waals surface area contributed by atoms with Gasteiger partial charge in [0.05, 0.1) is 12.1 Å². The van der Waals surface area contributed by atoms with Crippen molar-refractivity contribution >= 4 is 29.3 Å². The van der Waals surface area contributed by atoms with Gasteiger partial charge in [0.15, 0.2) is 0 Å². The van der Waals surface area contributed by atoms with Gasteiger partial charge in [-0.15, -0.1) is 0 Å². The van der Waals surface area contributed by atoms with E-state index in [1.54, 1.807) is 13.8 Å². The third kappa shape index (κ3) is 8.13. The standard InChI is InChI=1S/C22H28ClN3O3/c1-4-16-9-11-18(12-10-16)25-21(28)29-15-22(2,3)26-20(27)14-24-13-17-7-5-6-8-19(17)23/h5-12,24H,4,13-15H2,1-3H3,(H,25,28)(H,26,27). The molecule has 0 atom stereocenters. The first-order valence-electron chi connectivity index (χ1n) is 9.57. The average molecular weight is 418 g/mol. The van der Waals surface area contributed by atoms with Gasteiger partial charge in [-0.05, 0) is 49.6 Å². The van der Waals surface area contributed by atoms with Gasteiger partial charge in [-0.1, -0.05) is 48.9 Å². The number of amides is 2. The van der Waals surface area contributed by atoms with E-state index in [2.05, 4.69) is 22.9 Å². The van der Waals surface area contributed by atoms with E-state index in [0.29, 0.717) is 17.3 Å². The number of carbonyl (C=O) groups is 2. The third-order valence-electron chi connectivity index (χ3n) is 4.21. The number of benzene rings is 2. The highest BCUT2D eigenvalue weighted by Crippen LogP contribution is 2.14. The van der Waals surface area contributed by atoms with E-state index in [9.17, 15) is 9.59 Å². The molecule has 0 aliphatic rings. The lowest BCUT2D eigenvalue weighted by Gasteiger charge is -2.26. The Kier molecular flexibility index (Phi) is 8.49. The molecule has 0 aliphatic carbocycles. The van der Waals surface area contributed by atoms with Gasteiger partial charge < -0.3 is 15.4 Å². The van der Waals surface area contributed by atoms with Crippen LogP contribution in [0, 0.1) is 0 Å². The van der Waals surface area contributed by atoms with E-state index < -0.39 is 11.6 Å². The van der Waals surface area contributed by atoms with Gasteiger partial charge >= 0.3 is 6.09 Å². The van der Waals surface area contributed by atoms with Crippen molar-refractivity contribution in [2.75, 3.05) is 18.5 Å². The van der Waals surface area contributed by atoms with Crippen molar-refractivity contribution in [1.29, 1.82) is 0 Å². The van der Waals surface area contributed by atoms with Crippen LogP contribution < -0.4 is 16.0 Å². The number of hydrogen-bond acceptors (Lipinski definition) is 4. The molecule has 2 aromatic carbocycles. The van der Waals surface area contributed by atoms with E-state index in [0.717, 1.165) is 12.0 Å². The molecule has 29 heavy (non-hydrogen) atoms. The lowest BCUT2D eigenvalue weighted by molar-refractivity contribution is -0.122. The van der Waals surface area contributed by atoms with E-state index >= 15 is 0 Å². The Bertz CT molecular complexity index is 822. The van der Waals surface area contributed by atoms with Crippen LogP contribution in [0.15, 0.2) is 48.5 Å². The maximum absolute atomic E-state index is 12.2. The van der Waals surface area contributed by atoms with Crippen molar-refractivity contribution in [3.8, 4) is 0 Å². The second-order valence-corrected chi connectivity index (χ2v) is 7.79. The smallest absolute Gasteiger partial charge is 0.411 e. The Morgan fingerprint density at radius 1 is 1.07 bits per heavy atom. The number of aryl methyl sites for hydroxylation is 1. The summed E-state index contributed by atoms with van der Waals surface area (Å²) in [5.41, 5.74) is 2.08. The fraction of sp³-hybridized carbons (Fsp3) is 0.364. The Morgan fingerprint density at radius 2 is 1.76 bits per heavy atom. The van der Waals surface area contributed by atoms with Crippen LogP contribution in [0.25, 0.3) is 0 Å². The number of carbonyl (C=O) groups excluding carboxylic acids is 2. The van der Waals surface area contributed by atoms with Crippen LogP contribution in [-0.4, -0.2) is 30.7 Å². The molecule has 0 aromatic heterocycles. The second-order valence-electron chi connectivity index (χ2n) is 7.38. The summed E-state index contributed by atoms with van der Waals surface area (Å²) >= 11 is 6.10. The van der Waals surface area contributed by atoms with Crippen LogP contribution in [0.4, 0.5) is 10.5 Å². The quantitative estimate of drug-likeness (QED) is 0.573. The number of halogens is 1. The zero-order valence-corrected chi connectivity index (χ0v) is 17.8. The van der Waals surface area contributed by atoms with Crippen molar-refractivity contribution in [2.45, 2.75) is 39.3 Å². The van der Waals surface area contributed by atoms with Gasteiger partial charge in [0.2, 0.25) is 5.91 Å². The maximum Gasteiger partial charge on any atom is 0.411 e. The van der Waals surface area contributed by atoms with E-state index in [4.69, 9.17) is 16.3 Å². The predicted molar refractivity (Wildman–Crippen MR) is 116 cm³/mol. The van der Waals surface area contributed by atoms with Crippen molar-refractivity contribution in [3.63, 3.8) is 0 Å². The number of hydrogen-bond donors (Lipinski definition) is 3. The van der Waals surface area contributed by atoms with Gasteiger partial charge in [0.25, 0.3) is 0 Å². The third-order valence-corrected chi connectivity index (χ3v) is 4.58. The molecular weight excluding hydrogens is 390 g/mol. The molecule has 0 saturated heterocycles. The summed E-state index contributed by atoms with van der Waals surface area (Å²) in [6.07, 6.45) is 0.375. The highest BCUT2D eigenvalue weighted by molar-refractivity contribution is 6.31. The number of ether oxygens (including phenoxy) is 1. The minimum atomic E-state index is -0.702. The minimum absolute atomic E-state index is 0.0438. The van der Waals surface area contributed by atoms with Crippen LogP contribution in [0.5, 0.6) is 0 Å². The number of rotatable bonds is 9. The Labute approximate surface area is 177 Å². The molecule has 0 unspecified atom stereocenters. The molecule has 0 aliphatic heterocycles. The molecule has 156 valence electrons. The molecular formula is C22H28ClN3O3. The monoisotopic (exact) mass is 417 g/mol. The van der Waals surface area contributed by atoms with E-state index in [1.807, 2.05) is 48.5 Å². The molecule has 0 heterocycles. The van der Waals surface area contributed by atoms with Crippen molar-refractivity contribution in [3.05, 3.63) is 64.7 Å². The zero-order valence-electron chi connectivity index (χ0n) is 17.0. The van der Waals surface area contributed by atoms with Crippen molar-refractivity contribution in [1.82, 2.24) is 10.6 Å². The van der Waals surface area contributed by atoms with Crippen LogP contribution in [0.2, 0.25) is 5.02 Å². The molecule has 0 bridgehead atoms. The molecule has 0 fully saturated rings. The number of nitrogens with one attached hydrogen (secondary N) is 3. The Hall–Kier alpha value is -2.57. The van der Waals surface area contributed by atoms with Gasteiger partial charge in [-0.3, -0.25) is 10.1 Å². The molecule has 2 rings (SSSR count). The van der Waals surface area contributed by atoms with Gasteiger partial charge in [-0.2, -0.15) is 0 Å². The SMILES string of the molecule is CCc1ccc(NC(=O)OCC(C)(C)NC(=O)CNCc2ccccc2Cl)cc1. The maximum atomic E-state index is 12.2. The zero-order chi connectivity index (χ0) is 21.3. The van der Waals surface area contributed by atoms with Crippen LogP contribution in [0.3, 0.4) is 0 Å². The summed E-state index contributed by atoms with van der Waals surface area (Å²) < 4.78 is 5.26. The summed E-state index contributed by atoms with van der Waals surface area (Å²) in [6.45, 7) is 6.32. The molecule has 0 spiro atoms. The lowest BCUT2D eigenvalue weighted by atomic mass is 10.1. The Morgan fingerprint density at radius 3 is 2.41 bits per heavy atom. The predicted octanol–water partition coefficient (Wildman–Crippen LogP) is 4.14. The molecule has 3 N–H and O–H groups in total. The highest BCUT2D eigenvalue weighted by atomic mass is 35.5. The average Bonchev–Trinajstić information content (AvgIpc) is 2.68. The highest BCUT2D eigenvalue weighted by Gasteiger charge is 2.22. The van der Waals surface area contributed by atoms with E-state index in [1.165, 1.54) is 5.56 Å². The first-order chi connectivity index (χ1) is 13.8. The second kappa shape index (κ2) is 10.8. The van der Waals surface area contributed by atoms with Crippen LogP contribution in [0.1, 0.15) is 31.9 Å². The summed E-state index contributed by atoms with van der Waals surface area (Å²) in [6, 6.07) is 15.0. The van der Waals surface area contributed by atoms with Gasteiger partial charge in [0.1, 0.15) is 6.61 Å². The topological polar surface area (TPSA) is 79.5 Å². The first-order valence-corrected chi connectivity index (χ1v) is 9.95. The largest absolute Gasteiger partial charge is 0.447 e. The van der Waals surface area contributed by atoms with Crippen LogP contribution in [-0.2, 0) is 22.5 Å². The molecule has 6 nitrogen and oxygen atoms in total. The fourth-order valence-corrected chi connectivity index (χ4v) is 2.84. The normalized spacial score (nSPS) is 11.0. The van der Waals surface area contributed by atoms with Crippen molar-refractivity contribution in [2.24, 2.45) is 0 Å². The first kappa shape index (κ1) is 22.7. The van der Waals surface area contributed by atoms with Gasteiger partial charge in [-0.25, -0.2) is 4.79 Å². The molecule has 7 heteroatoms. The van der Waals surface area contributed by atoms with Crippen molar-refractivity contribution < 1.29 is 14.3 Å². The summed E-state index contributed by atoms with van der Waals surface area (Å²) in [4.78, 5) is 24.2. The molecule has 0 saturated carbocycles. The fourth-order valence-electron chi connectivity index (χ4n) is 2.63. The van der Waals surface area contributed by atoms with Crippen LogP contribution >= 0.6 is 11.6 Å². The molecule has 0 radical (unpaired) electrons. The molecule has 2 amide bonds. The van der Waals surface area contributed by atoms with Gasteiger partial charge in [0, 0.05) is 17.3 Å². The summed E-state index contributed by atoms with van der Waals surface area (Å²) in [5.74, 6) is -0.193. The summed E-state index contributed by atoms with van der Waals surface area (Å²) in [5, 5.41) is 9.24. The van der Waals surface area contributed by atoms with E-state index in [-0.39, 0.29) is 19.1 Å². The summed E-state index contributed by atoms with van der Waals surface area (Å²) in [7, 11) is 0. The number of anilines is 1.